The van der Waals surface area contributed by atoms with E-state index in [0.717, 1.165) is 5.56 Å². The van der Waals surface area contributed by atoms with Crippen molar-refractivity contribution in [1.82, 2.24) is 4.98 Å². The highest BCUT2D eigenvalue weighted by atomic mass is 16.5. The molecule has 0 aliphatic rings. The first-order valence-corrected chi connectivity index (χ1v) is 5.04. The fourth-order valence-electron chi connectivity index (χ4n) is 1.41. The number of furan rings is 1. The van der Waals surface area contributed by atoms with E-state index in [0.29, 0.717) is 5.69 Å². The number of aryl methyl sites for hydroxylation is 1. The summed E-state index contributed by atoms with van der Waals surface area (Å²) in [6.45, 7) is 1.83. The Morgan fingerprint density at radius 3 is 2.94 bits per heavy atom. The highest BCUT2D eigenvalue weighted by Gasteiger charge is 2.09. The van der Waals surface area contributed by atoms with Gasteiger partial charge >= 0.3 is 5.97 Å². The number of pyridine rings is 1. The Balaban J connectivity index is 2.07. The maximum atomic E-state index is 11.6. The molecule has 0 fully saturated rings. The van der Waals surface area contributed by atoms with Crippen LogP contribution in [0.1, 0.15) is 21.6 Å². The Morgan fingerprint density at radius 2 is 2.29 bits per heavy atom. The van der Waals surface area contributed by atoms with Gasteiger partial charge in [-0.3, -0.25) is 4.79 Å². The van der Waals surface area contributed by atoms with Gasteiger partial charge in [0.25, 0.3) is 0 Å². The third kappa shape index (κ3) is 2.84. The van der Waals surface area contributed by atoms with E-state index in [1.54, 1.807) is 19.1 Å². The number of carbonyl (C=O) groups is 1. The van der Waals surface area contributed by atoms with Crippen molar-refractivity contribution in [1.29, 1.82) is 0 Å². The van der Waals surface area contributed by atoms with E-state index in [4.69, 9.17) is 9.15 Å². The number of nitrogens with one attached hydrogen (secondary N) is 1. The van der Waals surface area contributed by atoms with E-state index < -0.39 is 5.97 Å². The van der Waals surface area contributed by atoms with E-state index >= 15 is 0 Å². The summed E-state index contributed by atoms with van der Waals surface area (Å²) in [7, 11) is 0. The lowest BCUT2D eigenvalue weighted by molar-refractivity contribution is 0.0471. The molecule has 1 N–H and O–H groups in total. The molecule has 0 aromatic carbocycles. The average molecular weight is 233 g/mol. The first-order chi connectivity index (χ1) is 8.15. The van der Waals surface area contributed by atoms with Crippen molar-refractivity contribution >= 4 is 5.97 Å². The monoisotopic (exact) mass is 233 g/mol. The smallest absolute Gasteiger partial charge is 0.338 e. The van der Waals surface area contributed by atoms with E-state index in [1.165, 1.54) is 18.6 Å². The van der Waals surface area contributed by atoms with Crippen molar-refractivity contribution in [3.8, 4) is 0 Å². The molecule has 0 unspecified atom stereocenters. The van der Waals surface area contributed by atoms with Crippen molar-refractivity contribution in [3.63, 3.8) is 0 Å². The number of carbonyl (C=O) groups excluding carboxylic acids is 1. The molecule has 0 saturated heterocycles. The Labute approximate surface area is 97.0 Å². The lowest BCUT2D eigenvalue weighted by Gasteiger charge is -2.03. The average Bonchev–Trinajstić information content (AvgIpc) is 2.77. The van der Waals surface area contributed by atoms with Crippen LogP contribution < -0.4 is 5.56 Å². The Kier molecular flexibility index (Phi) is 3.09. The van der Waals surface area contributed by atoms with E-state index in [1.807, 2.05) is 0 Å². The number of H-pyrrole nitrogens is 1. The number of aromatic amines is 1. The van der Waals surface area contributed by atoms with Crippen LogP contribution in [0, 0.1) is 6.92 Å². The fourth-order valence-corrected chi connectivity index (χ4v) is 1.41. The zero-order chi connectivity index (χ0) is 12.3. The second-order valence-corrected chi connectivity index (χ2v) is 3.62. The fraction of sp³-hybridized carbons (Fsp3) is 0.167. The van der Waals surface area contributed by atoms with Gasteiger partial charge in [0.15, 0.2) is 0 Å². The van der Waals surface area contributed by atoms with E-state index in [2.05, 4.69) is 4.98 Å². The summed E-state index contributed by atoms with van der Waals surface area (Å²) in [6.07, 6.45) is 3.00. The molecule has 2 aromatic rings. The van der Waals surface area contributed by atoms with E-state index in [9.17, 15) is 9.59 Å². The predicted octanol–water partition coefficient (Wildman–Crippen LogP) is 1.63. The van der Waals surface area contributed by atoms with Crippen molar-refractivity contribution in [2.45, 2.75) is 13.5 Å². The Bertz CT molecular complexity index is 568. The number of hydrogen-bond donors (Lipinski definition) is 1. The van der Waals surface area contributed by atoms with Gasteiger partial charge < -0.3 is 14.1 Å². The molecule has 0 radical (unpaired) electrons. The summed E-state index contributed by atoms with van der Waals surface area (Å²) in [5, 5.41) is 0. The third-order valence-corrected chi connectivity index (χ3v) is 2.16. The zero-order valence-electron chi connectivity index (χ0n) is 9.23. The summed E-state index contributed by atoms with van der Waals surface area (Å²) in [4.78, 5) is 25.4. The van der Waals surface area contributed by atoms with Gasteiger partial charge in [-0.1, -0.05) is 0 Å². The van der Waals surface area contributed by atoms with Crippen LogP contribution in [0.2, 0.25) is 0 Å². The van der Waals surface area contributed by atoms with Crippen LogP contribution in [0.25, 0.3) is 0 Å². The molecule has 2 rings (SSSR count). The van der Waals surface area contributed by atoms with Gasteiger partial charge in [-0.25, -0.2) is 4.79 Å². The van der Waals surface area contributed by atoms with Crippen LogP contribution in [0.4, 0.5) is 0 Å². The molecule has 5 nitrogen and oxygen atoms in total. The van der Waals surface area contributed by atoms with Crippen molar-refractivity contribution < 1.29 is 13.9 Å². The number of rotatable bonds is 3. The molecule has 88 valence electrons. The molecule has 5 heteroatoms. The van der Waals surface area contributed by atoms with E-state index in [-0.39, 0.29) is 17.7 Å². The number of aromatic nitrogens is 1. The molecular weight excluding hydrogens is 222 g/mol. The SMILES string of the molecule is Cc1cc(C(=O)OCc2ccoc2)cc(=O)[nH]1. The summed E-state index contributed by atoms with van der Waals surface area (Å²) in [5.74, 6) is -0.527. The van der Waals surface area contributed by atoms with Crippen LogP contribution in [-0.2, 0) is 11.3 Å². The van der Waals surface area contributed by atoms with Crippen molar-refractivity contribution in [3.05, 3.63) is 57.9 Å². The van der Waals surface area contributed by atoms with Crippen molar-refractivity contribution in [2.75, 3.05) is 0 Å². The zero-order valence-corrected chi connectivity index (χ0v) is 9.23. The highest BCUT2D eigenvalue weighted by molar-refractivity contribution is 5.89. The lowest BCUT2D eigenvalue weighted by Crippen LogP contribution is -2.12. The van der Waals surface area contributed by atoms with Crippen LogP contribution in [0.15, 0.2) is 39.9 Å². The van der Waals surface area contributed by atoms with Gasteiger partial charge in [-0.15, -0.1) is 0 Å². The summed E-state index contributed by atoms with van der Waals surface area (Å²) >= 11 is 0. The van der Waals surface area contributed by atoms with Gasteiger partial charge in [0.2, 0.25) is 5.56 Å². The first kappa shape index (κ1) is 11.2. The molecule has 2 aromatic heterocycles. The molecule has 0 spiro atoms. The minimum Gasteiger partial charge on any atom is -0.472 e. The topological polar surface area (TPSA) is 72.3 Å². The summed E-state index contributed by atoms with van der Waals surface area (Å²) in [5.41, 5.74) is 1.31. The number of hydrogen-bond acceptors (Lipinski definition) is 4. The molecular formula is C12H11NO4. The maximum absolute atomic E-state index is 11.6. The van der Waals surface area contributed by atoms with Crippen LogP contribution in [-0.4, -0.2) is 11.0 Å². The van der Waals surface area contributed by atoms with Gasteiger partial charge in [-0.2, -0.15) is 0 Å². The molecule has 17 heavy (non-hydrogen) atoms. The summed E-state index contributed by atoms with van der Waals surface area (Å²) in [6, 6.07) is 4.49. The van der Waals surface area contributed by atoms with Gasteiger partial charge in [0, 0.05) is 17.3 Å². The van der Waals surface area contributed by atoms with Crippen LogP contribution in [0.3, 0.4) is 0 Å². The molecule has 0 bridgehead atoms. The largest absolute Gasteiger partial charge is 0.472 e. The molecule has 0 aliphatic carbocycles. The van der Waals surface area contributed by atoms with Gasteiger partial charge in [0.05, 0.1) is 18.1 Å². The number of ether oxygens (including phenoxy) is 1. The third-order valence-electron chi connectivity index (χ3n) is 2.16. The van der Waals surface area contributed by atoms with Crippen molar-refractivity contribution in [2.24, 2.45) is 0 Å². The molecule has 0 aliphatic heterocycles. The number of esters is 1. The minimum absolute atomic E-state index is 0.126. The summed E-state index contributed by atoms with van der Waals surface area (Å²) < 4.78 is 9.88. The predicted molar refractivity (Wildman–Crippen MR) is 59.6 cm³/mol. The second kappa shape index (κ2) is 4.69. The maximum Gasteiger partial charge on any atom is 0.338 e. The molecule has 0 amide bonds. The van der Waals surface area contributed by atoms with Crippen LogP contribution >= 0.6 is 0 Å². The Morgan fingerprint density at radius 1 is 1.47 bits per heavy atom. The molecule has 2 heterocycles. The standard InChI is InChI=1S/C12H11NO4/c1-8-4-10(5-11(14)13-8)12(15)17-7-9-2-3-16-6-9/h2-6H,7H2,1H3,(H,13,14). The minimum atomic E-state index is -0.527. The quantitative estimate of drug-likeness (QED) is 0.818. The Hall–Kier alpha value is -2.30. The van der Waals surface area contributed by atoms with Gasteiger partial charge in [0.1, 0.15) is 6.61 Å². The normalized spacial score (nSPS) is 10.2. The second-order valence-electron chi connectivity index (χ2n) is 3.62. The lowest BCUT2D eigenvalue weighted by atomic mass is 10.2. The van der Waals surface area contributed by atoms with Gasteiger partial charge in [-0.05, 0) is 19.1 Å². The molecule has 0 saturated carbocycles. The highest BCUT2D eigenvalue weighted by Crippen LogP contribution is 2.06. The van der Waals surface area contributed by atoms with Crippen LogP contribution in [0.5, 0.6) is 0 Å². The first-order valence-electron chi connectivity index (χ1n) is 5.04. The molecule has 0 atom stereocenters.